The summed E-state index contributed by atoms with van der Waals surface area (Å²) in [6, 6.07) is 0. The number of hydrogen-bond donors (Lipinski definition) is 0. The predicted octanol–water partition coefficient (Wildman–Crippen LogP) is 26.1. The van der Waals surface area contributed by atoms with Crippen LogP contribution in [-0.2, 0) is 28.6 Å². The molecule has 0 spiro atoms. The molecule has 0 aliphatic carbocycles. The number of unbranched alkanes of at least 4 members (excludes halogenated alkanes) is 56. The van der Waals surface area contributed by atoms with Crippen molar-refractivity contribution in [1.29, 1.82) is 0 Å². The van der Waals surface area contributed by atoms with Crippen molar-refractivity contribution in [1.82, 2.24) is 0 Å². The topological polar surface area (TPSA) is 78.9 Å². The van der Waals surface area contributed by atoms with Gasteiger partial charge in [-0.1, -0.05) is 385 Å². The molecular formula is C77H146O6. The number of rotatable bonds is 71. The molecule has 0 rings (SSSR count). The molecule has 0 saturated heterocycles. The monoisotopic (exact) mass is 1170 g/mol. The average molecular weight is 1170 g/mol. The van der Waals surface area contributed by atoms with Gasteiger partial charge in [0.2, 0.25) is 0 Å². The molecule has 1 atom stereocenters. The number of carbonyl (C=O) groups excluding carboxylic acids is 3. The third-order valence-corrected chi connectivity index (χ3v) is 17.5. The summed E-state index contributed by atoms with van der Waals surface area (Å²) in [5.41, 5.74) is 0. The maximum Gasteiger partial charge on any atom is 0.306 e. The largest absolute Gasteiger partial charge is 0.462 e. The molecule has 0 aliphatic rings. The fraction of sp³-hybridized carbons (Fsp3) is 0.909. The maximum absolute atomic E-state index is 13.0. The van der Waals surface area contributed by atoms with Crippen molar-refractivity contribution in [3.8, 4) is 0 Å². The van der Waals surface area contributed by atoms with Gasteiger partial charge in [0.15, 0.2) is 6.10 Å². The third-order valence-electron chi connectivity index (χ3n) is 17.5. The zero-order chi connectivity index (χ0) is 59.9. The molecule has 6 nitrogen and oxygen atoms in total. The molecule has 0 N–H and O–H groups in total. The lowest BCUT2D eigenvalue weighted by atomic mass is 10.0. The molecular weight excluding hydrogens is 1020 g/mol. The van der Waals surface area contributed by atoms with E-state index in [2.05, 4.69) is 45.1 Å². The van der Waals surface area contributed by atoms with Crippen molar-refractivity contribution in [2.45, 2.75) is 438 Å². The van der Waals surface area contributed by atoms with E-state index in [4.69, 9.17) is 14.2 Å². The summed E-state index contributed by atoms with van der Waals surface area (Å²) in [6.45, 7) is 6.73. The van der Waals surface area contributed by atoms with Crippen molar-refractivity contribution in [2.75, 3.05) is 13.2 Å². The summed E-state index contributed by atoms with van der Waals surface area (Å²) in [5.74, 6) is -0.828. The van der Waals surface area contributed by atoms with Gasteiger partial charge in [0.05, 0.1) is 0 Å². The standard InChI is InChI=1S/C77H146O6/c1-4-7-10-13-16-19-22-25-28-31-33-35-37-38-40-41-43-46-49-52-55-58-61-64-67-70-76(79)82-73-74(72-81-75(78)69-66-63-60-57-54-51-48-45-30-27-24-21-18-15-12-9-6-3)83-77(80)71-68-65-62-59-56-53-50-47-44-42-39-36-34-32-29-26-23-20-17-14-11-8-5-2/h23,26,32,34,74H,4-22,24-25,27-31,33,35-73H2,1-3H3/b26-23-,34-32-. The van der Waals surface area contributed by atoms with Gasteiger partial charge in [-0.2, -0.15) is 0 Å². The van der Waals surface area contributed by atoms with Crippen LogP contribution in [0.15, 0.2) is 24.3 Å². The summed E-state index contributed by atoms with van der Waals surface area (Å²) >= 11 is 0. The van der Waals surface area contributed by atoms with Crippen LogP contribution in [-0.4, -0.2) is 37.2 Å². The van der Waals surface area contributed by atoms with Crippen molar-refractivity contribution < 1.29 is 28.6 Å². The van der Waals surface area contributed by atoms with Crippen LogP contribution < -0.4 is 0 Å². The Morgan fingerprint density at radius 1 is 0.241 bits per heavy atom. The van der Waals surface area contributed by atoms with Crippen molar-refractivity contribution in [3.05, 3.63) is 24.3 Å². The molecule has 0 aromatic carbocycles. The lowest BCUT2D eigenvalue weighted by Gasteiger charge is -2.18. The van der Waals surface area contributed by atoms with Crippen molar-refractivity contribution >= 4 is 17.9 Å². The van der Waals surface area contributed by atoms with E-state index in [1.165, 1.54) is 327 Å². The van der Waals surface area contributed by atoms with Gasteiger partial charge in [0, 0.05) is 19.3 Å². The zero-order valence-corrected chi connectivity index (χ0v) is 56.5. The van der Waals surface area contributed by atoms with Gasteiger partial charge < -0.3 is 14.2 Å². The van der Waals surface area contributed by atoms with Crippen LogP contribution in [0.25, 0.3) is 0 Å². The molecule has 0 heterocycles. The van der Waals surface area contributed by atoms with Crippen LogP contribution in [0.2, 0.25) is 0 Å². The van der Waals surface area contributed by atoms with Gasteiger partial charge in [-0.15, -0.1) is 0 Å². The van der Waals surface area contributed by atoms with Crippen molar-refractivity contribution in [2.24, 2.45) is 0 Å². The second-order valence-corrected chi connectivity index (χ2v) is 25.9. The van der Waals surface area contributed by atoms with Gasteiger partial charge in [-0.05, 0) is 51.4 Å². The minimum atomic E-state index is -0.770. The predicted molar refractivity (Wildman–Crippen MR) is 363 cm³/mol. The summed E-state index contributed by atoms with van der Waals surface area (Å²) in [6.07, 6.45) is 89.3. The fourth-order valence-electron chi connectivity index (χ4n) is 11.8. The van der Waals surface area contributed by atoms with E-state index in [9.17, 15) is 14.4 Å². The van der Waals surface area contributed by atoms with E-state index >= 15 is 0 Å². The van der Waals surface area contributed by atoms with E-state index in [0.29, 0.717) is 19.3 Å². The van der Waals surface area contributed by atoms with Crippen LogP contribution in [0.1, 0.15) is 432 Å². The smallest absolute Gasteiger partial charge is 0.306 e. The summed E-state index contributed by atoms with van der Waals surface area (Å²) in [7, 11) is 0. The fourth-order valence-corrected chi connectivity index (χ4v) is 11.8. The van der Waals surface area contributed by atoms with Crippen LogP contribution in [0, 0.1) is 0 Å². The third kappa shape index (κ3) is 70.5. The summed E-state index contributed by atoms with van der Waals surface area (Å²) in [4.78, 5) is 38.6. The SMILES string of the molecule is CCCCCCC/C=C\C/C=C\CCCCCCCCCCCCCC(=O)OC(COC(=O)CCCCCCCCCCCCCCCCCCC)COC(=O)CCCCCCCCCCCCCCCCCCCCCCCCCCC. The molecule has 0 amide bonds. The lowest BCUT2D eigenvalue weighted by molar-refractivity contribution is -0.167. The Morgan fingerprint density at radius 3 is 0.663 bits per heavy atom. The molecule has 0 aliphatic heterocycles. The highest BCUT2D eigenvalue weighted by Crippen LogP contribution is 2.19. The summed E-state index contributed by atoms with van der Waals surface area (Å²) in [5, 5.41) is 0. The maximum atomic E-state index is 13.0. The van der Waals surface area contributed by atoms with Crippen LogP contribution in [0.5, 0.6) is 0 Å². The Balaban J connectivity index is 4.26. The quantitative estimate of drug-likeness (QED) is 0.0261. The molecule has 83 heavy (non-hydrogen) atoms. The number of ether oxygens (including phenoxy) is 3. The van der Waals surface area contributed by atoms with E-state index in [1.807, 2.05) is 0 Å². The molecule has 1 unspecified atom stereocenters. The Hall–Kier alpha value is -2.11. The molecule has 0 aromatic rings. The Labute approximate surface area is 519 Å². The minimum absolute atomic E-state index is 0.0648. The minimum Gasteiger partial charge on any atom is -0.462 e. The van der Waals surface area contributed by atoms with Gasteiger partial charge in [0.25, 0.3) is 0 Å². The van der Waals surface area contributed by atoms with E-state index < -0.39 is 6.10 Å². The van der Waals surface area contributed by atoms with Gasteiger partial charge >= 0.3 is 17.9 Å². The second kappa shape index (κ2) is 72.4. The first kappa shape index (κ1) is 80.9. The summed E-state index contributed by atoms with van der Waals surface area (Å²) < 4.78 is 17.1. The number of carbonyl (C=O) groups is 3. The number of esters is 3. The Morgan fingerprint density at radius 2 is 0.434 bits per heavy atom. The van der Waals surface area contributed by atoms with Gasteiger partial charge in [0.1, 0.15) is 13.2 Å². The first-order chi connectivity index (χ1) is 41.0. The molecule has 0 radical (unpaired) electrons. The number of allylic oxidation sites excluding steroid dienone is 4. The van der Waals surface area contributed by atoms with Crippen LogP contribution >= 0.6 is 0 Å². The molecule has 490 valence electrons. The van der Waals surface area contributed by atoms with E-state index in [0.717, 1.165) is 64.2 Å². The molecule has 0 fully saturated rings. The molecule has 0 saturated carbocycles. The first-order valence-electron chi connectivity index (χ1n) is 37.8. The van der Waals surface area contributed by atoms with E-state index in [-0.39, 0.29) is 31.1 Å². The highest BCUT2D eigenvalue weighted by atomic mass is 16.6. The molecule has 0 aromatic heterocycles. The second-order valence-electron chi connectivity index (χ2n) is 25.9. The van der Waals surface area contributed by atoms with Gasteiger partial charge in [-0.25, -0.2) is 0 Å². The van der Waals surface area contributed by atoms with Crippen LogP contribution in [0.3, 0.4) is 0 Å². The Bertz CT molecular complexity index is 1340. The molecule has 0 bridgehead atoms. The lowest BCUT2D eigenvalue weighted by Crippen LogP contribution is -2.30. The Kier molecular flexibility index (Phi) is 70.5. The zero-order valence-electron chi connectivity index (χ0n) is 56.5. The normalized spacial score (nSPS) is 12.1. The average Bonchev–Trinajstić information content (AvgIpc) is 3.49. The highest BCUT2D eigenvalue weighted by Gasteiger charge is 2.20. The molecule has 6 heteroatoms. The van der Waals surface area contributed by atoms with E-state index in [1.54, 1.807) is 0 Å². The number of hydrogen-bond acceptors (Lipinski definition) is 6. The van der Waals surface area contributed by atoms with Crippen molar-refractivity contribution in [3.63, 3.8) is 0 Å². The van der Waals surface area contributed by atoms with Crippen LogP contribution in [0.4, 0.5) is 0 Å². The van der Waals surface area contributed by atoms with Gasteiger partial charge in [-0.3, -0.25) is 14.4 Å². The highest BCUT2D eigenvalue weighted by molar-refractivity contribution is 5.71. The first-order valence-corrected chi connectivity index (χ1v) is 37.8.